The largest absolute Gasteiger partial charge is 0.337 e. The van der Waals surface area contributed by atoms with Crippen molar-refractivity contribution < 1.29 is 4.52 Å². The monoisotopic (exact) mass is 272 g/mol. The van der Waals surface area contributed by atoms with Gasteiger partial charge in [0.15, 0.2) is 4.67 Å². The molecule has 86 valence electrons. The molecule has 14 heavy (non-hydrogen) atoms. The maximum Gasteiger partial charge on any atom is 0.175 e. The van der Waals surface area contributed by atoms with Crippen LogP contribution in [0, 0.1) is 0 Å². The van der Waals surface area contributed by atoms with Crippen LogP contribution in [0.15, 0.2) is 0 Å². The van der Waals surface area contributed by atoms with Crippen LogP contribution in [0.2, 0.25) is 0 Å². The standard InChI is InChI=1S/C9H21OPS3/c1-8(2,3)13-11(12,10-7)14-9(4,5)6/h1-7H3. The Bertz CT molecular complexity index is 207. The summed E-state index contributed by atoms with van der Waals surface area (Å²) in [6.45, 7) is 13.1. The van der Waals surface area contributed by atoms with Crippen molar-refractivity contribution in [2.75, 3.05) is 7.11 Å². The molecule has 0 aliphatic carbocycles. The zero-order valence-electron chi connectivity index (χ0n) is 10.1. The van der Waals surface area contributed by atoms with E-state index in [1.807, 2.05) is 0 Å². The minimum Gasteiger partial charge on any atom is -0.337 e. The molecule has 0 rings (SSSR count). The van der Waals surface area contributed by atoms with E-state index in [0.717, 1.165) is 0 Å². The van der Waals surface area contributed by atoms with Crippen LogP contribution in [0.3, 0.4) is 0 Å². The van der Waals surface area contributed by atoms with Gasteiger partial charge in [-0.25, -0.2) is 0 Å². The van der Waals surface area contributed by atoms with Crippen LogP contribution >= 0.6 is 27.4 Å². The van der Waals surface area contributed by atoms with Gasteiger partial charge < -0.3 is 4.52 Å². The topological polar surface area (TPSA) is 9.23 Å². The summed E-state index contributed by atoms with van der Waals surface area (Å²) in [6, 6.07) is 0. The van der Waals surface area contributed by atoms with Crippen molar-refractivity contribution in [3.63, 3.8) is 0 Å². The van der Waals surface area contributed by atoms with E-state index in [1.54, 1.807) is 29.9 Å². The maximum absolute atomic E-state index is 5.61. The third-order valence-corrected chi connectivity index (χ3v) is 11.6. The first kappa shape index (κ1) is 15.3. The van der Waals surface area contributed by atoms with Crippen molar-refractivity contribution in [2.24, 2.45) is 0 Å². The molecule has 0 aromatic carbocycles. The van der Waals surface area contributed by atoms with Gasteiger partial charge in [-0.1, -0.05) is 64.3 Å². The van der Waals surface area contributed by atoms with Crippen LogP contribution in [0.1, 0.15) is 41.5 Å². The van der Waals surface area contributed by atoms with E-state index in [9.17, 15) is 0 Å². The van der Waals surface area contributed by atoms with Gasteiger partial charge in [0.25, 0.3) is 0 Å². The number of hydrogen-bond donors (Lipinski definition) is 0. The fourth-order valence-corrected chi connectivity index (χ4v) is 15.3. The van der Waals surface area contributed by atoms with Crippen LogP contribution in [-0.4, -0.2) is 16.6 Å². The number of rotatable bonds is 3. The lowest BCUT2D eigenvalue weighted by atomic mass is 10.3. The Morgan fingerprint density at radius 3 is 1.36 bits per heavy atom. The molecule has 0 unspecified atom stereocenters. The highest BCUT2D eigenvalue weighted by molar-refractivity contribution is 8.99. The second kappa shape index (κ2) is 5.09. The molecule has 0 heterocycles. The van der Waals surface area contributed by atoms with Gasteiger partial charge in [-0.3, -0.25) is 0 Å². The molecule has 0 aliphatic rings. The van der Waals surface area contributed by atoms with Crippen molar-refractivity contribution in [3.05, 3.63) is 0 Å². The van der Waals surface area contributed by atoms with E-state index in [-0.39, 0.29) is 9.49 Å². The molecule has 0 aromatic heterocycles. The second-order valence-corrected chi connectivity index (χ2v) is 16.9. The summed E-state index contributed by atoms with van der Waals surface area (Å²) in [5.41, 5.74) is 0. The fraction of sp³-hybridized carbons (Fsp3) is 1.00. The third-order valence-electron chi connectivity index (χ3n) is 0.995. The van der Waals surface area contributed by atoms with E-state index in [2.05, 4.69) is 41.5 Å². The quantitative estimate of drug-likeness (QED) is 0.674. The van der Waals surface area contributed by atoms with Gasteiger partial charge in [-0.05, 0) is 11.8 Å². The van der Waals surface area contributed by atoms with Crippen LogP contribution < -0.4 is 0 Å². The molecule has 5 heteroatoms. The normalized spacial score (nSPS) is 14.5. The highest BCUT2D eigenvalue weighted by Gasteiger charge is 2.30. The first-order valence-corrected chi connectivity index (χ1v) is 10.1. The second-order valence-electron chi connectivity index (χ2n) is 5.04. The molecular weight excluding hydrogens is 251 g/mol. The molecule has 0 radical (unpaired) electrons. The van der Waals surface area contributed by atoms with Crippen LogP contribution in [-0.2, 0) is 16.3 Å². The van der Waals surface area contributed by atoms with Crippen LogP contribution in [0.4, 0.5) is 0 Å². The van der Waals surface area contributed by atoms with E-state index in [4.69, 9.17) is 16.3 Å². The van der Waals surface area contributed by atoms with Crippen LogP contribution in [0.25, 0.3) is 0 Å². The molecule has 0 N–H and O–H groups in total. The molecule has 0 atom stereocenters. The predicted octanol–water partition coefficient (Wildman–Crippen LogP) is 4.92. The Balaban J connectivity index is 4.59. The zero-order chi connectivity index (χ0) is 11.6. The first-order chi connectivity index (χ1) is 5.97. The minimum absolute atomic E-state index is 0.170. The Morgan fingerprint density at radius 1 is 0.929 bits per heavy atom. The summed E-state index contributed by atoms with van der Waals surface area (Å²) in [7, 11) is 1.73. The molecule has 0 spiro atoms. The average molecular weight is 272 g/mol. The van der Waals surface area contributed by atoms with E-state index in [0.29, 0.717) is 0 Å². The Morgan fingerprint density at radius 2 is 1.21 bits per heavy atom. The SMILES string of the molecule is COP(=S)(SC(C)(C)C)SC(C)(C)C. The molecule has 1 nitrogen and oxygen atoms in total. The maximum atomic E-state index is 5.61. The molecule has 0 amide bonds. The van der Waals surface area contributed by atoms with Gasteiger partial charge in [0.05, 0.1) is 0 Å². The summed E-state index contributed by atoms with van der Waals surface area (Å²) in [4.78, 5) is 0. The minimum atomic E-state index is -1.78. The van der Waals surface area contributed by atoms with Crippen molar-refractivity contribution in [1.82, 2.24) is 0 Å². The van der Waals surface area contributed by atoms with Crippen molar-refractivity contribution in [3.8, 4) is 0 Å². The van der Waals surface area contributed by atoms with Gasteiger partial charge in [0.1, 0.15) is 0 Å². The Hall–Kier alpha value is 1.31. The van der Waals surface area contributed by atoms with Crippen molar-refractivity contribution in [1.29, 1.82) is 0 Å². The highest BCUT2D eigenvalue weighted by Crippen LogP contribution is 2.75. The molecule has 0 bridgehead atoms. The lowest BCUT2D eigenvalue weighted by molar-refractivity contribution is 0.479. The molecular formula is C9H21OPS3. The molecule has 0 saturated heterocycles. The van der Waals surface area contributed by atoms with Crippen molar-refractivity contribution in [2.45, 2.75) is 51.0 Å². The van der Waals surface area contributed by atoms with Crippen LogP contribution in [0.5, 0.6) is 0 Å². The summed E-state index contributed by atoms with van der Waals surface area (Å²) in [6.07, 6.45) is 0. The van der Waals surface area contributed by atoms with E-state index in [1.165, 1.54) is 0 Å². The zero-order valence-corrected chi connectivity index (χ0v) is 13.4. The van der Waals surface area contributed by atoms with Crippen molar-refractivity contribution >= 4 is 39.2 Å². The van der Waals surface area contributed by atoms with Gasteiger partial charge in [-0.15, -0.1) is 0 Å². The first-order valence-electron chi connectivity index (χ1n) is 4.55. The summed E-state index contributed by atoms with van der Waals surface area (Å²) >= 11 is 9.21. The van der Waals surface area contributed by atoms with Gasteiger partial charge in [0, 0.05) is 16.6 Å². The van der Waals surface area contributed by atoms with Gasteiger partial charge in [-0.2, -0.15) is 0 Å². The molecule has 0 saturated carbocycles. The van der Waals surface area contributed by atoms with Gasteiger partial charge >= 0.3 is 0 Å². The summed E-state index contributed by atoms with van der Waals surface area (Å²) in [5, 5.41) is 0. The van der Waals surface area contributed by atoms with Gasteiger partial charge in [0.2, 0.25) is 0 Å². The fourth-order valence-electron chi connectivity index (χ4n) is 0.764. The molecule has 0 fully saturated rings. The molecule has 0 aliphatic heterocycles. The van der Waals surface area contributed by atoms with E-state index < -0.39 is 4.67 Å². The predicted molar refractivity (Wildman–Crippen MR) is 76.0 cm³/mol. The highest BCUT2D eigenvalue weighted by atomic mass is 33.2. The summed E-state index contributed by atoms with van der Waals surface area (Å²) < 4.78 is 4.11. The lowest BCUT2D eigenvalue weighted by Gasteiger charge is -2.31. The summed E-state index contributed by atoms with van der Waals surface area (Å²) in [5.74, 6) is 0. The molecule has 0 aromatic rings. The average Bonchev–Trinajstić information content (AvgIpc) is 1.78. The Kier molecular flexibility index (Phi) is 5.57. The van der Waals surface area contributed by atoms with E-state index >= 15 is 0 Å². The Labute approximate surface area is 102 Å². The number of hydrogen-bond acceptors (Lipinski definition) is 4. The third kappa shape index (κ3) is 7.58. The smallest absolute Gasteiger partial charge is 0.175 e. The lowest BCUT2D eigenvalue weighted by Crippen LogP contribution is -2.10.